The van der Waals surface area contributed by atoms with Gasteiger partial charge in [-0.05, 0) is 41.8 Å². The first kappa shape index (κ1) is 20.6. The zero-order valence-electron chi connectivity index (χ0n) is 15.6. The Morgan fingerprint density at radius 1 is 1.13 bits per heavy atom. The SMILES string of the molecule is O=C(CSc1nnc(Cc2cccs2)n1-c1ccccc1)Nc1ccc(F)c(Cl)c1. The van der Waals surface area contributed by atoms with Crippen LogP contribution in [0.15, 0.2) is 71.2 Å². The van der Waals surface area contributed by atoms with Crippen molar-refractivity contribution in [2.75, 3.05) is 11.1 Å². The Bertz CT molecular complexity index is 1150. The van der Waals surface area contributed by atoms with E-state index < -0.39 is 5.82 Å². The summed E-state index contributed by atoms with van der Waals surface area (Å²) in [6.07, 6.45) is 0.653. The minimum Gasteiger partial charge on any atom is -0.325 e. The molecule has 0 unspecified atom stereocenters. The molecule has 0 atom stereocenters. The lowest BCUT2D eigenvalue weighted by molar-refractivity contribution is -0.113. The number of anilines is 1. The lowest BCUT2D eigenvalue weighted by Crippen LogP contribution is -2.14. The molecule has 0 bridgehead atoms. The molecule has 0 spiro atoms. The van der Waals surface area contributed by atoms with Crippen molar-refractivity contribution in [3.63, 3.8) is 0 Å². The average Bonchev–Trinajstić information content (AvgIpc) is 3.40. The number of amides is 1. The van der Waals surface area contributed by atoms with E-state index in [4.69, 9.17) is 11.6 Å². The number of hydrogen-bond donors (Lipinski definition) is 1. The number of halogens is 2. The van der Waals surface area contributed by atoms with Crippen LogP contribution < -0.4 is 5.32 Å². The molecule has 2 aromatic heterocycles. The van der Waals surface area contributed by atoms with Gasteiger partial charge in [-0.1, -0.05) is 47.6 Å². The molecule has 4 rings (SSSR count). The lowest BCUT2D eigenvalue weighted by Gasteiger charge is -2.10. The van der Waals surface area contributed by atoms with Gasteiger partial charge in [0.1, 0.15) is 11.6 Å². The van der Waals surface area contributed by atoms with Gasteiger partial charge in [-0.3, -0.25) is 9.36 Å². The second-order valence-corrected chi connectivity index (χ2v) is 8.67. The quantitative estimate of drug-likeness (QED) is 0.374. The highest BCUT2D eigenvalue weighted by atomic mass is 35.5. The van der Waals surface area contributed by atoms with Gasteiger partial charge in [0.25, 0.3) is 0 Å². The minimum atomic E-state index is -0.529. The lowest BCUT2D eigenvalue weighted by atomic mass is 10.3. The second kappa shape index (κ2) is 9.42. The molecule has 0 fully saturated rings. The second-order valence-electron chi connectivity index (χ2n) is 6.29. The molecule has 4 aromatic rings. The standard InChI is InChI=1S/C21H16ClFN4OS2/c22-17-11-14(8-9-18(17)23)24-20(28)13-30-21-26-25-19(12-16-7-4-10-29-16)27(21)15-5-2-1-3-6-15/h1-11H,12-13H2,(H,24,28). The fourth-order valence-corrected chi connectivity index (χ4v) is 4.47. The number of nitrogens with one attached hydrogen (secondary N) is 1. The Labute approximate surface area is 185 Å². The van der Waals surface area contributed by atoms with Gasteiger partial charge in [-0.15, -0.1) is 21.5 Å². The number of hydrogen-bond acceptors (Lipinski definition) is 5. The van der Waals surface area contributed by atoms with Crippen LogP contribution in [0.1, 0.15) is 10.7 Å². The molecule has 30 heavy (non-hydrogen) atoms. The number of aromatic nitrogens is 3. The number of thiophene rings is 1. The van der Waals surface area contributed by atoms with Crippen molar-refractivity contribution in [3.8, 4) is 5.69 Å². The number of para-hydroxylation sites is 1. The molecule has 2 aromatic carbocycles. The van der Waals surface area contributed by atoms with Gasteiger partial charge in [0.2, 0.25) is 5.91 Å². The number of carbonyl (C=O) groups excluding carboxylic acids is 1. The van der Waals surface area contributed by atoms with E-state index in [2.05, 4.69) is 21.6 Å². The highest BCUT2D eigenvalue weighted by Crippen LogP contribution is 2.25. The summed E-state index contributed by atoms with van der Waals surface area (Å²) in [7, 11) is 0. The summed E-state index contributed by atoms with van der Waals surface area (Å²) in [6.45, 7) is 0. The Morgan fingerprint density at radius 2 is 1.97 bits per heavy atom. The summed E-state index contributed by atoms with van der Waals surface area (Å²) in [5.74, 6) is 0.152. The highest BCUT2D eigenvalue weighted by Gasteiger charge is 2.17. The van der Waals surface area contributed by atoms with Gasteiger partial charge < -0.3 is 5.32 Å². The average molecular weight is 459 g/mol. The van der Waals surface area contributed by atoms with Crippen molar-refractivity contribution < 1.29 is 9.18 Å². The predicted octanol–water partition coefficient (Wildman–Crippen LogP) is 5.44. The van der Waals surface area contributed by atoms with E-state index in [0.29, 0.717) is 17.3 Å². The van der Waals surface area contributed by atoms with Crippen LogP contribution >= 0.6 is 34.7 Å². The summed E-state index contributed by atoms with van der Waals surface area (Å²) in [4.78, 5) is 13.6. The van der Waals surface area contributed by atoms with Gasteiger partial charge in [0, 0.05) is 22.7 Å². The number of thioether (sulfide) groups is 1. The van der Waals surface area contributed by atoms with E-state index in [1.807, 2.05) is 46.3 Å². The van der Waals surface area contributed by atoms with Gasteiger partial charge in [-0.25, -0.2) is 4.39 Å². The first-order valence-corrected chi connectivity index (χ1v) is 11.2. The third-order valence-corrected chi connectivity index (χ3v) is 6.26. The third kappa shape index (κ3) is 4.89. The summed E-state index contributed by atoms with van der Waals surface area (Å²) in [5, 5.41) is 14.0. The monoisotopic (exact) mass is 458 g/mol. The molecular weight excluding hydrogens is 443 g/mol. The summed E-state index contributed by atoms with van der Waals surface area (Å²) < 4.78 is 15.2. The zero-order valence-corrected chi connectivity index (χ0v) is 18.0. The molecular formula is C21H16ClFN4OS2. The molecule has 1 amide bonds. The number of nitrogens with zero attached hydrogens (tertiary/aromatic N) is 3. The summed E-state index contributed by atoms with van der Waals surface area (Å²) in [6, 6.07) is 17.9. The number of rotatable bonds is 7. The zero-order chi connectivity index (χ0) is 20.9. The van der Waals surface area contributed by atoms with Crippen LogP contribution in [0.2, 0.25) is 5.02 Å². The van der Waals surface area contributed by atoms with Crippen molar-refractivity contribution in [1.29, 1.82) is 0 Å². The molecule has 0 saturated carbocycles. The van der Waals surface area contributed by atoms with Crippen molar-refractivity contribution in [3.05, 3.63) is 87.6 Å². The van der Waals surface area contributed by atoms with E-state index in [1.54, 1.807) is 11.3 Å². The van der Waals surface area contributed by atoms with Crippen LogP contribution in [0.4, 0.5) is 10.1 Å². The first-order valence-electron chi connectivity index (χ1n) is 9.00. The van der Waals surface area contributed by atoms with E-state index in [-0.39, 0.29) is 16.7 Å². The van der Waals surface area contributed by atoms with Crippen LogP contribution in [-0.2, 0) is 11.2 Å². The third-order valence-electron chi connectivity index (χ3n) is 4.16. The van der Waals surface area contributed by atoms with Gasteiger partial charge in [0.15, 0.2) is 5.16 Å². The fraction of sp³-hybridized carbons (Fsp3) is 0.0952. The van der Waals surface area contributed by atoms with Crippen LogP contribution in [0.5, 0.6) is 0 Å². The van der Waals surface area contributed by atoms with Gasteiger partial charge in [0.05, 0.1) is 10.8 Å². The van der Waals surface area contributed by atoms with Crippen LogP contribution in [0, 0.1) is 5.82 Å². The summed E-state index contributed by atoms with van der Waals surface area (Å²) in [5.41, 5.74) is 1.37. The van der Waals surface area contributed by atoms with E-state index in [0.717, 1.165) is 11.5 Å². The minimum absolute atomic E-state index is 0.0394. The van der Waals surface area contributed by atoms with E-state index in [9.17, 15) is 9.18 Å². The molecule has 0 saturated heterocycles. The molecule has 0 aliphatic heterocycles. The van der Waals surface area contributed by atoms with Crippen LogP contribution in [0.25, 0.3) is 5.69 Å². The Morgan fingerprint density at radius 3 is 2.70 bits per heavy atom. The molecule has 152 valence electrons. The molecule has 2 heterocycles. The molecule has 9 heteroatoms. The molecule has 1 N–H and O–H groups in total. The molecule has 5 nitrogen and oxygen atoms in total. The maximum atomic E-state index is 13.3. The molecule has 0 aliphatic carbocycles. The largest absolute Gasteiger partial charge is 0.325 e. The maximum absolute atomic E-state index is 13.3. The fourth-order valence-electron chi connectivity index (χ4n) is 2.81. The van der Waals surface area contributed by atoms with Crippen molar-refractivity contribution in [1.82, 2.24) is 14.8 Å². The smallest absolute Gasteiger partial charge is 0.234 e. The van der Waals surface area contributed by atoms with Crippen LogP contribution in [0.3, 0.4) is 0 Å². The first-order chi connectivity index (χ1) is 14.6. The molecule has 0 radical (unpaired) electrons. The van der Waals surface area contributed by atoms with Gasteiger partial charge >= 0.3 is 0 Å². The normalized spacial score (nSPS) is 10.9. The topological polar surface area (TPSA) is 59.8 Å². The Hall–Kier alpha value is -2.68. The Kier molecular flexibility index (Phi) is 6.47. The van der Waals surface area contributed by atoms with Crippen LogP contribution in [-0.4, -0.2) is 26.4 Å². The van der Waals surface area contributed by atoms with E-state index in [1.165, 1.54) is 34.8 Å². The maximum Gasteiger partial charge on any atom is 0.234 e. The predicted molar refractivity (Wildman–Crippen MR) is 119 cm³/mol. The summed E-state index contributed by atoms with van der Waals surface area (Å²) >= 11 is 8.71. The van der Waals surface area contributed by atoms with Gasteiger partial charge in [-0.2, -0.15) is 0 Å². The molecule has 0 aliphatic rings. The number of carbonyl (C=O) groups is 1. The number of benzene rings is 2. The van der Waals surface area contributed by atoms with E-state index >= 15 is 0 Å². The Balaban J connectivity index is 1.51. The highest BCUT2D eigenvalue weighted by molar-refractivity contribution is 7.99. The van der Waals surface area contributed by atoms with Crippen molar-refractivity contribution >= 4 is 46.3 Å². The van der Waals surface area contributed by atoms with Crippen molar-refractivity contribution in [2.45, 2.75) is 11.6 Å². The van der Waals surface area contributed by atoms with Crippen molar-refractivity contribution in [2.24, 2.45) is 0 Å².